The molecule has 2 aromatic rings. The average molecular weight is 268 g/mol. The van der Waals surface area contributed by atoms with Crippen LogP contribution in [0.5, 0.6) is 0 Å². The summed E-state index contributed by atoms with van der Waals surface area (Å²) >= 11 is 5.59. The van der Waals surface area contributed by atoms with E-state index in [1.807, 2.05) is 0 Å². The molecule has 0 aliphatic heterocycles. The highest BCUT2D eigenvalue weighted by Gasteiger charge is 2.08. The summed E-state index contributed by atoms with van der Waals surface area (Å²) in [6.07, 6.45) is 4.50. The minimum atomic E-state index is -0.496. The predicted molar refractivity (Wildman–Crippen MR) is 64.8 cm³/mol. The molecular formula is C10H10ClN5O2. The quantitative estimate of drug-likeness (QED) is 0.468. The SMILES string of the molecule is O=[N+]([O-])c1ccc(-n2cc(CCCCl)nn2)nc1. The topological polar surface area (TPSA) is 86.7 Å². The number of halogens is 1. The number of nitro groups is 1. The zero-order chi connectivity index (χ0) is 13.0. The highest BCUT2D eigenvalue weighted by molar-refractivity contribution is 6.17. The third kappa shape index (κ3) is 2.80. The Kier molecular flexibility index (Phi) is 3.83. The molecule has 2 aromatic heterocycles. The fraction of sp³-hybridized carbons (Fsp3) is 0.300. The maximum Gasteiger partial charge on any atom is 0.287 e. The molecule has 0 aliphatic carbocycles. The van der Waals surface area contributed by atoms with Gasteiger partial charge in [0.1, 0.15) is 6.20 Å². The van der Waals surface area contributed by atoms with E-state index in [9.17, 15) is 10.1 Å². The highest BCUT2D eigenvalue weighted by atomic mass is 35.5. The van der Waals surface area contributed by atoms with Gasteiger partial charge in [0.05, 0.1) is 16.8 Å². The van der Waals surface area contributed by atoms with Gasteiger partial charge in [0.2, 0.25) is 0 Å². The molecule has 0 atom stereocenters. The highest BCUT2D eigenvalue weighted by Crippen LogP contribution is 2.11. The summed E-state index contributed by atoms with van der Waals surface area (Å²) in [7, 11) is 0. The molecular weight excluding hydrogens is 258 g/mol. The van der Waals surface area contributed by atoms with Crippen LogP contribution in [-0.4, -0.2) is 30.8 Å². The van der Waals surface area contributed by atoms with Crippen LogP contribution in [0.4, 0.5) is 5.69 Å². The van der Waals surface area contributed by atoms with Crippen LogP contribution in [0.3, 0.4) is 0 Å². The van der Waals surface area contributed by atoms with Crippen LogP contribution in [0, 0.1) is 10.1 Å². The van der Waals surface area contributed by atoms with Crippen molar-refractivity contribution in [3.05, 3.63) is 40.3 Å². The number of aryl methyl sites for hydroxylation is 1. The van der Waals surface area contributed by atoms with Crippen molar-refractivity contribution in [3.63, 3.8) is 0 Å². The van der Waals surface area contributed by atoms with Crippen LogP contribution in [0.15, 0.2) is 24.5 Å². The number of aromatic nitrogens is 4. The van der Waals surface area contributed by atoms with Gasteiger partial charge in [-0.3, -0.25) is 10.1 Å². The molecule has 0 saturated carbocycles. The molecule has 18 heavy (non-hydrogen) atoms. The lowest BCUT2D eigenvalue weighted by Gasteiger charge is -1.97. The molecule has 0 N–H and O–H groups in total. The minimum absolute atomic E-state index is 0.0544. The van der Waals surface area contributed by atoms with Crippen molar-refractivity contribution in [1.29, 1.82) is 0 Å². The lowest BCUT2D eigenvalue weighted by molar-refractivity contribution is -0.385. The third-order valence-electron chi connectivity index (χ3n) is 2.29. The van der Waals surface area contributed by atoms with Crippen LogP contribution in [-0.2, 0) is 6.42 Å². The van der Waals surface area contributed by atoms with Gasteiger partial charge in [-0.2, -0.15) is 0 Å². The lowest BCUT2D eigenvalue weighted by atomic mass is 10.3. The Morgan fingerprint density at radius 2 is 2.28 bits per heavy atom. The number of hydrogen-bond acceptors (Lipinski definition) is 5. The number of hydrogen-bond donors (Lipinski definition) is 0. The van der Waals surface area contributed by atoms with Crippen molar-refractivity contribution in [2.75, 3.05) is 5.88 Å². The molecule has 8 heteroatoms. The molecule has 0 aliphatic rings. The summed E-state index contributed by atoms with van der Waals surface area (Å²) in [4.78, 5) is 13.9. The monoisotopic (exact) mass is 267 g/mol. The molecule has 0 saturated heterocycles. The minimum Gasteiger partial charge on any atom is -0.258 e. The standard InChI is InChI=1S/C10H10ClN5O2/c11-5-1-2-8-7-15(14-13-8)10-4-3-9(6-12-10)16(17)18/h3-4,6-7H,1-2,5H2. The molecule has 0 unspecified atom stereocenters. The summed E-state index contributed by atoms with van der Waals surface area (Å²) in [6, 6.07) is 2.90. The van der Waals surface area contributed by atoms with E-state index in [0.29, 0.717) is 11.7 Å². The first-order valence-electron chi connectivity index (χ1n) is 5.28. The van der Waals surface area contributed by atoms with Gasteiger partial charge in [-0.25, -0.2) is 9.67 Å². The lowest BCUT2D eigenvalue weighted by Crippen LogP contribution is -1.99. The van der Waals surface area contributed by atoms with Crippen LogP contribution in [0.2, 0.25) is 0 Å². The van der Waals surface area contributed by atoms with Crippen molar-refractivity contribution in [2.45, 2.75) is 12.8 Å². The second kappa shape index (κ2) is 5.54. The average Bonchev–Trinajstić information content (AvgIpc) is 2.85. The van der Waals surface area contributed by atoms with Crippen molar-refractivity contribution < 1.29 is 4.92 Å². The molecule has 0 bridgehead atoms. The first-order valence-corrected chi connectivity index (χ1v) is 5.82. The van der Waals surface area contributed by atoms with Gasteiger partial charge in [-0.1, -0.05) is 5.21 Å². The Hall–Kier alpha value is -2.02. The van der Waals surface area contributed by atoms with Crippen LogP contribution in [0.25, 0.3) is 5.82 Å². The van der Waals surface area contributed by atoms with E-state index in [1.165, 1.54) is 23.0 Å². The predicted octanol–water partition coefficient (Wildman–Crippen LogP) is 1.74. The Morgan fingerprint density at radius 3 is 2.89 bits per heavy atom. The van der Waals surface area contributed by atoms with E-state index in [2.05, 4.69) is 15.3 Å². The number of nitrogens with zero attached hydrogens (tertiary/aromatic N) is 5. The Bertz CT molecular complexity index is 539. The van der Waals surface area contributed by atoms with Crippen LogP contribution < -0.4 is 0 Å². The molecule has 7 nitrogen and oxygen atoms in total. The largest absolute Gasteiger partial charge is 0.287 e. The maximum absolute atomic E-state index is 10.5. The second-order valence-corrected chi connectivity index (χ2v) is 3.96. The van der Waals surface area contributed by atoms with Gasteiger partial charge in [0.15, 0.2) is 5.82 Å². The van der Waals surface area contributed by atoms with E-state index in [4.69, 9.17) is 11.6 Å². The van der Waals surface area contributed by atoms with Gasteiger partial charge >= 0.3 is 0 Å². The zero-order valence-electron chi connectivity index (χ0n) is 9.36. The Balaban J connectivity index is 2.15. The molecule has 0 aromatic carbocycles. The zero-order valence-corrected chi connectivity index (χ0v) is 10.1. The molecule has 0 radical (unpaired) electrons. The second-order valence-electron chi connectivity index (χ2n) is 3.58. The van der Waals surface area contributed by atoms with E-state index < -0.39 is 4.92 Å². The maximum atomic E-state index is 10.5. The summed E-state index contributed by atoms with van der Waals surface area (Å²) < 4.78 is 1.48. The molecule has 0 spiro atoms. The third-order valence-corrected chi connectivity index (χ3v) is 2.55. The van der Waals surface area contributed by atoms with Crippen LogP contribution in [0.1, 0.15) is 12.1 Å². The van der Waals surface area contributed by atoms with E-state index >= 15 is 0 Å². The van der Waals surface area contributed by atoms with E-state index in [0.717, 1.165) is 18.5 Å². The van der Waals surface area contributed by atoms with Gasteiger partial charge < -0.3 is 0 Å². The normalized spacial score (nSPS) is 10.5. The van der Waals surface area contributed by atoms with Gasteiger partial charge in [0, 0.05) is 11.9 Å². The van der Waals surface area contributed by atoms with Gasteiger partial charge in [-0.15, -0.1) is 16.7 Å². The molecule has 2 heterocycles. The first kappa shape index (κ1) is 12.4. The van der Waals surface area contributed by atoms with Crippen molar-refractivity contribution >= 4 is 17.3 Å². The van der Waals surface area contributed by atoms with Gasteiger partial charge in [0.25, 0.3) is 5.69 Å². The first-order chi connectivity index (χ1) is 8.70. The van der Waals surface area contributed by atoms with Gasteiger partial charge in [-0.05, 0) is 18.9 Å². The molecule has 0 amide bonds. The van der Waals surface area contributed by atoms with Crippen molar-refractivity contribution in [3.8, 4) is 5.82 Å². The number of rotatable bonds is 5. The smallest absolute Gasteiger partial charge is 0.258 e. The van der Waals surface area contributed by atoms with Crippen LogP contribution >= 0.6 is 11.6 Å². The number of alkyl halides is 1. The van der Waals surface area contributed by atoms with Crippen molar-refractivity contribution in [1.82, 2.24) is 20.0 Å². The fourth-order valence-corrected chi connectivity index (χ4v) is 1.53. The Morgan fingerprint density at radius 1 is 1.44 bits per heavy atom. The molecule has 0 fully saturated rings. The fourth-order valence-electron chi connectivity index (χ4n) is 1.39. The van der Waals surface area contributed by atoms with Crippen molar-refractivity contribution in [2.24, 2.45) is 0 Å². The number of pyridine rings is 1. The van der Waals surface area contributed by atoms with E-state index in [-0.39, 0.29) is 5.69 Å². The summed E-state index contributed by atoms with van der Waals surface area (Å²) in [6.45, 7) is 0. The summed E-state index contributed by atoms with van der Waals surface area (Å²) in [5.41, 5.74) is 0.761. The Labute approximate surface area is 108 Å². The molecule has 94 valence electrons. The van der Waals surface area contributed by atoms with E-state index in [1.54, 1.807) is 6.20 Å². The summed E-state index contributed by atoms with van der Waals surface area (Å²) in [5, 5.41) is 18.4. The molecule has 2 rings (SSSR count). The summed E-state index contributed by atoms with van der Waals surface area (Å²) in [5.74, 6) is 1.06.